The van der Waals surface area contributed by atoms with E-state index < -0.39 is 0 Å². The Hall–Kier alpha value is -0.770. The Morgan fingerprint density at radius 2 is 2.35 bits per heavy atom. The molecule has 0 aromatic heterocycles. The van der Waals surface area contributed by atoms with E-state index in [9.17, 15) is 0 Å². The van der Waals surface area contributed by atoms with Gasteiger partial charge >= 0.3 is 0 Å². The van der Waals surface area contributed by atoms with Gasteiger partial charge in [-0.2, -0.15) is 0 Å². The van der Waals surface area contributed by atoms with Crippen LogP contribution >= 0.6 is 11.6 Å². The fraction of sp³-hybridized carbons (Fsp3) is 0.538. The highest BCUT2D eigenvalue weighted by Gasteiger charge is 2.29. The lowest BCUT2D eigenvalue weighted by molar-refractivity contribution is 0.231. The minimum absolute atomic E-state index is 0.0317. The first-order valence-corrected chi connectivity index (χ1v) is 6.33. The second-order valence-corrected chi connectivity index (χ2v) is 5.42. The molecule has 1 fully saturated rings. The summed E-state index contributed by atoms with van der Waals surface area (Å²) in [6.07, 6.45) is 1.06. The van der Waals surface area contributed by atoms with Crippen LogP contribution in [0.2, 0.25) is 5.02 Å². The summed E-state index contributed by atoms with van der Waals surface area (Å²) in [4.78, 5) is 2.34. The summed E-state index contributed by atoms with van der Waals surface area (Å²) in [7, 11) is 0. The highest BCUT2D eigenvalue weighted by atomic mass is 35.5. The standard InChI is InChI=1S/C13H19ClN2O/c1-13(15)5-6-16(10-13)7-8-17-12-4-2-3-11(14)9-12/h2-4,9H,5-8,10,15H2,1H3. The molecule has 0 saturated carbocycles. The van der Waals surface area contributed by atoms with Crippen molar-refractivity contribution in [3.05, 3.63) is 29.3 Å². The monoisotopic (exact) mass is 254 g/mol. The van der Waals surface area contributed by atoms with Gasteiger partial charge in [0.25, 0.3) is 0 Å². The Morgan fingerprint density at radius 3 is 3.00 bits per heavy atom. The third kappa shape index (κ3) is 3.87. The van der Waals surface area contributed by atoms with E-state index in [0.29, 0.717) is 11.6 Å². The van der Waals surface area contributed by atoms with E-state index in [1.807, 2.05) is 24.3 Å². The van der Waals surface area contributed by atoms with E-state index in [1.165, 1.54) is 0 Å². The normalized spacial score (nSPS) is 25.1. The lowest BCUT2D eigenvalue weighted by Crippen LogP contribution is -2.39. The fourth-order valence-electron chi connectivity index (χ4n) is 2.12. The number of nitrogens with two attached hydrogens (primary N) is 1. The third-order valence-corrected chi connectivity index (χ3v) is 3.29. The van der Waals surface area contributed by atoms with Gasteiger partial charge in [-0.1, -0.05) is 17.7 Å². The predicted molar refractivity (Wildman–Crippen MR) is 70.6 cm³/mol. The van der Waals surface area contributed by atoms with Crippen molar-refractivity contribution in [3.8, 4) is 5.75 Å². The smallest absolute Gasteiger partial charge is 0.120 e. The average Bonchev–Trinajstić information content (AvgIpc) is 2.58. The van der Waals surface area contributed by atoms with Crippen molar-refractivity contribution < 1.29 is 4.74 Å². The van der Waals surface area contributed by atoms with E-state index in [1.54, 1.807) is 0 Å². The minimum Gasteiger partial charge on any atom is -0.492 e. The summed E-state index contributed by atoms with van der Waals surface area (Å²) in [5.41, 5.74) is 6.04. The Balaban J connectivity index is 1.73. The van der Waals surface area contributed by atoms with Gasteiger partial charge in [-0.25, -0.2) is 0 Å². The second kappa shape index (κ2) is 5.25. The quantitative estimate of drug-likeness (QED) is 0.895. The number of ether oxygens (including phenoxy) is 1. The van der Waals surface area contributed by atoms with Gasteiger partial charge in [-0.3, -0.25) is 4.90 Å². The molecule has 0 spiro atoms. The van der Waals surface area contributed by atoms with Gasteiger partial charge in [-0.15, -0.1) is 0 Å². The predicted octanol–water partition coefficient (Wildman–Crippen LogP) is 2.14. The SMILES string of the molecule is CC1(N)CCN(CCOc2cccc(Cl)c2)C1. The topological polar surface area (TPSA) is 38.5 Å². The zero-order chi connectivity index (χ0) is 12.3. The molecular weight excluding hydrogens is 236 g/mol. The van der Waals surface area contributed by atoms with E-state index in [-0.39, 0.29) is 5.54 Å². The summed E-state index contributed by atoms with van der Waals surface area (Å²) in [6, 6.07) is 7.49. The van der Waals surface area contributed by atoms with E-state index in [2.05, 4.69) is 11.8 Å². The zero-order valence-corrected chi connectivity index (χ0v) is 10.9. The molecule has 1 heterocycles. The van der Waals surface area contributed by atoms with Crippen LogP contribution in [0.4, 0.5) is 0 Å². The first-order chi connectivity index (χ1) is 8.05. The van der Waals surface area contributed by atoms with Gasteiger partial charge in [0.05, 0.1) is 0 Å². The van der Waals surface area contributed by atoms with Crippen molar-refractivity contribution in [2.75, 3.05) is 26.2 Å². The summed E-state index contributed by atoms with van der Waals surface area (Å²) < 4.78 is 5.65. The van der Waals surface area contributed by atoms with Crippen LogP contribution in [0, 0.1) is 0 Å². The van der Waals surface area contributed by atoms with Gasteiger partial charge in [0.1, 0.15) is 12.4 Å². The number of likely N-dealkylation sites (tertiary alicyclic amines) is 1. The molecule has 0 amide bonds. The minimum atomic E-state index is -0.0317. The van der Waals surface area contributed by atoms with E-state index in [4.69, 9.17) is 22.1 Å². The number of hydrogen-bond acceptors (Lipinski definition) is 3. The van der Waals surface area contributed by atoms with Gasteiger partial charge < -0.3 is 10.5 Å². The molecule has 1 saturated heterocycles. The molecule has 1 aromatic carbocycles. The van der Waals surface area contributed by atoms with Crippen LogP contribution < -0.4 is 10.5 Å². The average molecular weight is 255 g/mol. The molecule has 2 rings (SSSR count). The summed E-state index contributed by atoms with van der Waals surface area (Å²) >= 11 is 5.88. The molecule has 94 valence electrons. The van der Waals surface area contributed by atoms with Gasteiger partial charge in [0.15, 0.2) is 0 Å². The van der Waals surface area contributed by atoms with Crippen LogP contribution in [0.15, 0.2) is 24.3 Å². The zero-order valence-electron chi connectivity index (χ0n) is 10.2. The van der Waals surface area contributed by atoms with Crippen molar-refractivity contribution in [3.63, 3.8) is 0 Å². The lowest BCUT2D eigenvalue weighted by atomic mass is 10.0. The second-order valence-electron chi connectivity index (χ2n) is 4.99. The molecule has 2 N–H and O–H groups in total. The highest BCUT2D eigenvalue weighted by Crippen LogP contribution is 2.19. The first-order valence-electron chi connectivity index (χ1n) is 5.95. The van der Waals surface area contributed by atoms with Crippen molar-refractivity contribution in [2.24, 2.45) is 5.73 Å². The van der Waals surface area contributed by atoms with Crippen LogP contribution in [0.1, 0.15) is 13.3 Å². The Labute approximate surface area is 107 Å². The van der Waals surface area contributed by atoms with E-state index >= 15 is 0 Å². The van der Waals surface area contributed by atoms with Crippen LogP contribution in [0.3, 0.4) is 0 Å². The molecule has 0 bridgehead atoms. The molecule has 17 heavy (non-hydrogen) atoms. The number of hydrogen-bond donors (Lipinski definition) is 1. The molecule has 0 radical (unpaired) electrons. The van der Waals surface area contributed by atoms with Crippen LogP contribution in [0.25, 0.3) is 0 Å². The third-order valence-electron chi connectivity index (χ3n) is 3.06. The molecule has 4 heteroatoms. The maximum atomic E-state index is 6.07. The first kappa shape index (κ1) is 12.7. The van der Waals surface area contributed by atoms with Gasteiger partial charge in [-0.05, 0) is 31.5 Å². The maximum absolute atomic E-state index is 6.07. The molecule has 1 atom stereocenters. The number of rotatable bonds is 4. The van der Waals surface area contributed by atoms with E-state index in [0.717, 1.165) is 31.8 Å². The maximum Gasteiger partial charge on any atom is 0.120 e. The van der Waals surface area contributed by atoms with Crippen molar-refractivity contribution in [1.82, 2.24) is 4.90 Å². The summed E-state index contributed by atoms with van der Waals surface area (Å²) in [5, 5.41) is 0.707. The lowest BCUT2D eigenvalue weighted by Gasteiger charge is -2.19. The van der Waals surface area contributed by atoms with Gasteiger partial charge in [0, 0.05) is 30.2 Å². The molecule has 0 aliphatic carbocycles. The van der Waals surface area contributed by atoms with Crippen LogP contribution in [-0.4, -0.2) is 36.7 Å². The summed E-state index contributed by atoms with van der Waals surface area (Å²) in [6.45, 7) is 5.71. The Morgan fingerprint density at radius 1 is 1.53 bits per heavy atom. The molecular formula is C13H19ClN2O. The van der Waals surface area contributed by atoms with Crippen molar-refractivity contribution >= 4 is 11.6 Å². The number of halogens is 1. The van der Waals surface area contributed by atoms with Crippen molar-refractivity contribution in [1.29, 1.82) is 0 Å². The highest BCUT2D eigenvalue weighted by molar-refractivity contribution is 6.30. The fourth-order valence-corrected chi connectivity index (χ4v) is 2.30. The van der Waals surface area contributed by atoms with Gasteiger partial charge in [0.2, 0.25) is 0 Å². The molecule has 1 aliphatic rings. The largest absolute Gasteiger partial charge is 0.492 e. The Bertz CT molecular complexity index is 381. The van der Waals surface area contributed by atoms with Crippen LogP contribution in [-0.2, 0) is 0 Å². The Kier molecular flexibility index (Phi) is 3.92. The number of benzene rings is 1. The molecule has 1 unspecified atom stereocenters. The molecule has 1 aromatic rings. The number of nitrogens with zero attached hydrogens (tertiary/aromatic N) is 1. The molecule has 3 nitrogen and oxygen atoms in total. The molecule has 1 aliphatic heterocycles. The van der Waals surface area contributed by atoms with Crippen molar-refractivity contribution in [2.45, 2.75) is 18.9 Å². The summed E-state index contributed by atoms with van der Waals surface area (Å²) in [5.74, 6) is 0.826. The van der Waals surface area contributed by atoms with Crippen LogP contribution in [0.5, 0.6) is 5.75 Å².